The van der Waals surface area contributed by atoms with Gasteiger partial charge in [-0.05, 0) is 25.1 Å². The standard InChI is InChI=1S/C10H17N3S/c11-4-3-9-6-12-10(13-9)8-2-1-5-14-7-8/h6,8H,1-5,7,11H2,(H,12,13). The maximum absolute atomic E-state index is 5.50. The van der Waals surface area contributed by atoms with E-state index in [1.54, 1.807) is 0 Å². The molecule has 1 saturated heterocycles. The van der Waals surface area contributed by atoms with Gasteiger partial charge in [-0.2, -0.15) is 11.8 Å². The Kier molecular flexibility index (Phi) is 3.48. The van der Waals surface area contributed by atoms with Crippen molar-refractivity contribution in [3.63, 3.8) is 0 Å². The summed E-state index contributed by atoms with van der Waals surface area (Å²) in [5.74, 6) is 4.34. The summed E-state index contributed by atoms with van der Waals surface area (Å²) in [6.45, 7) is 0.695. The van der Waals surface area contributed by atoms with E-state index in [0.29, 0.717) is 12.5 Å². The van der Waals surface area contributed by atoms with Gasteiger partial charge in [0.2, 0.25) is 0 Å². The van der Waals surface area contributed by atoms with Crippen LogP contribution in [0.5, 0.6) is 0 Å². The zero-order valence-corrected chi connectivity index (χ0v) is 9.15. The molecule has 2 rings (SSSR count). The molecular formula is C10H17N3S. The van der Waals surface area contributed by atoms with Crippen LogP contribution in [0.2, 0.25) is 0 Å². The minimum absolute atomic E-state index is 0.639. The number of nitrogens with two attached hydrogens (primary N) is 1. The summed E-state index contributed by atoms with van der Waals surface area (Å²) in [6.07, 6.45) is 5.44. The number of aromatic amines is 1. The number of H-pyrrole nitrogens is 1. The molecule has 0 amide bonds. The zero-order chi connectivity index (χ0) is 9.80. The van der Waals surface area contributed by atoms with Crippen molar-refractivity contribution in [3.05, 3.63) is 17.7 Å². The van der Waals surface area contributed by atoms with Crippen LogP contribution in [-0.2, 0) is 6.42 Å². The molecule has 2 heterocycles. The molecular weight excluding hydrogens is 194 g/mol. The second-order valence-electron chi connectivity index (χ2n) is 3.75. The van der Waals surface area contributed by atoms with Crippen LogP contribution >= 0.6 is 11.8 Å². The summed E-state index contributed by atoms with van der Waals surface area (Å²) in [5.41, 5.74) is 6.68. The van der Waals surface area contributed by atoms with Crippen LogP contribution in [0.4, 0.5) is 0 Å². The minimum atomic E-state index is 0.639. The first-order valence-electron chi connectivity index (χ1n) is 5.21. The van der Waals surface area contributed by atoms with Gasteiger partial charge in [-0.25, -0.2) is 4.98 Å². The molecule has 1 fully saturated rings. The molecule has 0 spiro atoms. The first kappa shape index (κ1) is 10.1. The SMILES string of the molecule is NCCc1cnc(C2CCCSC2)[nH]1. The number of aromatic nitrogens is 2. The maximum atomic E-state index is 5.50. The molecule has 4 heteroatoms. The Morgan fingerprint density at radius 1 is 1.64 bits per heavy atom. The summed E-state index contributed by atoms with van der Waals surface area (Å²) >= 11 is 2.04. The largest absolute Gasteiger partial charge is 0.346 e. The quantitative estimate of drug-likeness (QED) is 0.797. The van der Waals surface area contributed by atoms with Crippen molar-refractivity contribution in [1.29, 1.82) is 0 Å². The van der Waals surface area contributed by atoms with E-state index in [2.05, 4.69) is 9.97 Å². The number of imidazole rings is 1. The molecule has 78 valence electrons. The first-order chi connectivity index (χ1) is 6.90. The van der Waals surface area contributed by atoms with Gasteiger partial charge in [-0.1, -0.05) is 0 Å². The van der Waals surface area contributed by atoms with Gasteiger partial charge in [0, 0.05) is 30.0 Å². The van der Waals surface area contributed by atoms with Crippen LogP contribution in [0.15, 0.2) is 6.20 Å². The van der Waals surface area contributed by atoms with E-state index in [-0.39, 0.29) is 0 Å². The predicted molar refractivity (Wildman–Crippen MR) is 60.6 cm³/mol. The molecule has 0 aliphatic carbocycles. The fourth-order valence-corrected chi connectivity index (χ4v) is 2.97. The van der Waals surface area contributed by atoms with Crippen LogP contribution in [0.1, 0.15) is 30.3 Å². The molecule has 1 aromatic rings. The van der Waals surface area contributed by atoms with Gasteiger partial charge in [0.1, 0.15) is 5.82 Å². The summed E-state index contributed by atoms with van der Waals surface area (Å²) in [7, 11) is 0. The van der Waals surface area contributed by atoms with Gasteiger partial charge in [-0.15, -0.1) is 0 Å². The highest BCUT2D eigenvalue weighted by Crippen LogP contribution is 2.29. The zero-order valence-electron chi connectivity index (χ0n) is 8.33. The smallest absolute Gasteiger partial charge is 0.110 e. The normalized spacial score (nSPS) is 22.5. The van der Waals surface area contributed by atoms with Crippen molar-refractivity contribution < 1.29 is 0 Å². The van der Waals surface area contributed by atoms with E-state index in [0.717, 1.165) is 6.42 Å². The third-order valence-electron chi connectivity index (χ3n) is 2.61. The van der Waals surface area contributed by atoms with E-state index in [1.807, 2.05) is 18.0 Å². The van der Waals surface area contributed by atoms with Crippen molar-refractivity contribution >= 4 is 11.8 Å². The average molecular weight is 211 g/mol. The molecule has 14 heavy (non-hydrogen) atoms. The van der Waals surface area contributed by atoms with Crippen LogP contribution in [0, 0.1) is 0 Å². The van der Waals surface area contributed by atoms with E-state index >= 15 is 0 Å². The Balaban J connectivity index is 2.00. The van der Waals surface area contributed by atoms with Gasteiger partial charge < -0.3 is 10.7 Å². The van der Waals surface area contributed by atoms with Crippen LogP contribution in [-0.4, -0.2) is 28.0 Å². The van der Waals surface area contributed by atoms with Crippen molar-refractivity contribution in [2.24, 2.45) is 5.73 Å². The number of thioether (sulfide) groups is 1. The number of hydrogen-bond donors (Lipinski definition) is 2. The first-order valence-corrected chi connectivity index (χ1v) is 6.37. The Labute approximate surface area is 88.9 Å². The Bertz CT molecular complexity index is 279. The fraction of sp³-hybridized carbons (Fsp3) is 0.700. The summed E-state index contributed by atoms with van der Waals surface area (Å²) in [6, 6.07) is 0. The van der Waals surface area contributed by atoms with Crippen molar-refractivity contribution in [1.82, 2.24) is 9.97 Å². The second kappa shape index (κ2) is 4.84. The lowest BCUT2D eigenvalue weighted by Gasteiger charge is -2.18. The third kappa shape index (κ3) is 2.30. The third-order valence-corrected chi connectivity index (χ3v) is 3.82. The Hall–Kier alpha value is -0.480. The molecule has 0 bridgehead atoms. The van der Waals surface area contributed by atoms with E-state index in [1.165, 1.54) is 35.9 Å². The molecule has 0 aromatic carbocycles. The van der Waals surface area contributed by atoms with Gasteiger partial charge in [0.15, 0.2) is 0 Å². The monoisotopic (exact) mass is 211 g/mol. The second-order valence-corrected chi connectivity index (χ2v) is 4.90. The van der Waals surface area contributed by atoms with Crippen molar-refractivity contribution in [3.8, 4) is 0 Å². The lowest BCUT2D eigenvalue weighted by molar-refractivity contribution is 0.628. The van der Waals surface area contributed by atoms with Crippen LogP contribution in [0.3, 0.4) is 0 Å². The van der Waals surface area contributed by atoms with Gasteiger partial charge in [0.05, 0.1) is 0 Å². The number of rotatable bonds is 3. The lowest BCUT2D eigenvalue weighted by atomic mass is 10.1. The number of hydrogen-bond acceptors (Lipinski definition) is 3. The van der Waals surface area contributed by atoms with Gasteiger partial charge in [-0.3, -0.25) is 0 Å². The molecule has 3 nitrogen and oxygen atoms in total. The highest BCUT2D eigenvalue weighted by atomic mass is 32.2. The van der Waals surface area contributed by atoms with E-state index < -0.39 is 0 Å². The molecule has 1 aromatic heterocycles. The minimum Gasteiger partial charge on any atom is -0.346 e. The van der Waals surface area contributed by atoms with Crippen LogP contribution in [0.25, 0.3) is 0 Å². The van der Waals surface area contributed by atoms with Crippen LogP contribution < -0.4 is 5.73 Å². The molecule has 1 atom stereocenters. The van der Waals surface area contributed by atoms with E-state index in [9.17, 15) is 0 Å². The van der Waals surface area contributed by atoms with Gasteiger partial charge >= 0.3 is 0 Å². The molecule has 3 N–H and O–H groups in total. The van der Waals surface area contributed by atoms with Crippen molar-refractivity contribution in [2.75, 3.05) is 18.1 Å². The van der Waals surface area contributed by atoms with Gasteiger partial charge in [0.25, 0.3) is 0 Å². The summed E-state index contributed by atoms with van der Waals surface area (Å²) in [4.78, 5) is 7.81. The summed E-state index contributed by atoms with van der Waals surface area (Å²) in [5, 5.41) is 0. The lowest BCUT2D eigenvalue weighted by Crippen LogP contribution is -2.10. The Morgan fingerprint density at radius 2 is 2.57 bits per heavy atom. The fourth-order valence-electron chi connectivity index (χ4n) is 1.82. The highest BCUT2D eigenvalue weighted by molar-refractivity contribution is 7.99. The molecule has 0 radical (unpaired) electrons. The number of nitrogens with one attached hydrogen (secondary N) is 1. The Morgan fingerprint density at radius 3 is 3.29 bits per heavy atom. The molecule has 1 unspecified atom stereocenters. The number of nitrogens with zero attached hydrogens (tertiary/aromatic N) is 1. The topological polar surface area (TPSA) is 54.7 Å². The highest BCUT2D eigenvalue weighted by Gasteiger charge is 2.18. The summed E-state index contributed by atoms with van der Waals surface area (Å²) < 4.78 is 0. The maximum Gasteiger partial charge on any atom is 0.110 e. The molecule has 0 saturated carbocycles. The molecule has 1 aliphatic heterocycles. The predicted octanol–water partition coefficient (Wildman–Crippen LogP) is 1.52. The molecule has 1 aliphatic rings. The van der Waals surface area contributed by atoms with E-state index in [4.69, 9.17) is 5.73 Å². The van der Waals surface area contributed by atoms with Crippen molar-refractivity contribution in [2.45, 2.75) is 25.2 Å². The average Bonchev–Trinajstić information content (AvgIpc) is 2.68.